The zero-order chi connectivity index (χ0) is 15.0. The molecule has 0 aliphatic carbocycles. The summed E-state index contributed by atoms with van der Waals surface area (Å²) in [4.78, 5) is 22.9. The van der Waals surface area contributed by atoms with Gasteiger partial charge in [0.2, 0.25) is 0 Å². The molecule has 0 radical (unpaired) electrons. The van der Waals surface area contributed by atoms with E-state index in [2.05, 4.69) is 9.84 Å². The molecule has 1 heterocycles. The largest absolute Gasteiger partial charge is 0.512 e. The zero-order valence-corrected chi connectivity index (χ0v) is 11.6. The van der Waals surface area contributed by atoms with Crippen molar-refractivity contribution in [3.63, 3.8) is 0 Å². The third-order valence-electron chi connectivity index (χ3n) is 2.46. The second kappa shape index (κ2) is 8.16. The molecule has 2 N–H and O–H groups in total. The fourth-order valence-electron chi connectivity index (χ4n) is 1.45. The molecule has 2 amide bonds. The average Bonchev–Trinajstić information content (AvgIpc) is 2.39. The molecule has 20 heavy (non-hydrogen) atoms. The van der Waals surface area contributed by atoms with Crippen LogP contribution in [-0.4, -0.2) is 61.2 Å². The van der Waals surface area contributed by atoms with Crippen molar-refractivity contribution in [2.24, 2.45) is 5.10 Å². The van der Waals surface area contributed by atoms with Crippen molar-refractivity contribution < 1.29 is 24.2 Å². The molecule has 8 heteroatoms. The molecule has 1 aliphatic rings. The van der Waals surface area contributed by atoms with Gasteiger partial charge in [-0.1, -0.05) is 0 Å². The minimum absolute atomic E-state index is 0.0930. The summed E-state index contributed by atoms with van der Waals surface area (Å²) >= 11 is 0. The smallest absolute Gasteiger partial charge is 0.414 e. The summed E-state index contributed by atoms with van der Waals surface area (Å²) in [5.41, 5.74) is -0.0930. The van der Waals surface area contributed by atoms with Crippen molar-refractivity contribution in [1.82, 2.24) is 10.3 Å². The Kier molecular flexibility index (Phi) is 6.51. The van der Waals surface area contributed by atoms with Crippen molar-refractivity contribution in [3.05, 3.63) is 11.3 Å². The number of nitrogens with one attached hydrogen (secondary N) is 1. The topological polar surface area (TPSA) is 100 Å². The normalized spacial score (nSPS) is 16.8. The number of allylic oxidation sites excluding steroid dienone is 1. The van der Waals surface area contributed by atoms with Gasteiger partial charge in [-0.3, -0.25) is 15.1 Å². The molecule has 0 aromatic carbocycles. The van der Waals surface area contributed by atoms with E-state index < -0.39 is 12.0 Å². The van der Waals surface area contributed by atoms with Crippen LogP contribution in [0.1, 0.15) is 13.8 Å². The van der Waals surface area contributed by atoms with Gasteiger partial charge in [0.05, 0.1) is 44.7 Å². The molecule has 0 unspecified atom stereocenters. The van der Waals surface area contributed by atoms with E-state index in [9.17, 15) is 14.7 Å². The molecule has 1 fully saturated rings. The maximum atomic E-state index is 11.8. The Morgan fingerprint density at radius 1 is 1.45 bits per heavy atom. The molecule has 0 saturated carbocycles. The van der Waals surface area contributed by atoms with Gasteiger partial charge in [-0.15, -0.1) is 0 Å². The molecule has 0 atom stereocenters. The van der Waals surface area contributed by atoms with E-state index in [4.69, 9.17) is 4.74 Å². The van der Waals surface area contributed by atoms with Crippen molar-refractivity contribution in [3.8, 4) is 0 Å². The van der Waals surface area contributed by atoms with Crippen molar-refractivity contribution in [1.29, 1.82) is 0 Å². The van der Waals surface area contributed by atoms with E-state index >= 15 is 0 Å². The molecule has 1 saturated heterocycles. The minimum Gasteiger partial charge on any atom is -0.512 e. The number of ether oxygens (including phenoxy) is 2. The number of aliphatic hydroxyl groups excluding tert-OH is 1. The second-order valence-electron chi connectivity index (χ2n) is 3.98. The highest BCUT2D eigenvalue weighted by molar-refractivity contribution is 6.16. The molecule has 112 valence electrons. The van der Waals surface area contributed by atoms with Gasteiger partial charge in [-0.05, 0) is 13.8 Å². The summed E-state index contributed by atoms with van der Waals surface area (Å²) in [7, 11) is 0. The summed E-state index contributed by atoms with van der Waals surface area (Å²) in [5.74, 6) is -0.996. The lowest BCUT2D eigenvalue weighted by atomic mass is 10.2. The lowest BCUT2D eigenvalue weighted by Gasteiger charge is -2.23. The lowest BCUT2D eigenvalue weighted by Crippen LogP contribution is -2.34. The van der Waals surface area contributed by atoms with Crippen LogP contribution >= 0.6 is 0 Å². The number of nitrogens with zero attached hydrogens (tertiary/aromatic N) is 2. The van der Waals surface area contributed by atoms with Gasteiger partial charge in [0, 0.05) is 0 Å². The fourth-order valence-corrected chi connectivity index (χ4v) is 1.45. The Balaban J connectivity index is 2.64. The molecule has 8 nitrogen and oxygen atoms in total. The second-order valence-corrected chi connectivity index (χ2v) is 3.98. The number of hydrogen-bond donors (Lipinski definition) is 2. The van der Waals surface area contributed by atoms with Crippen LogP contribution in [0, 0.1) is 0 Å². The van der Waals surface area contributed by atoms with E-state index in [1.54, 1.807) is 11.9 Å². The number of morpholine rings is 1. The predicted octanol–water partition coefficient (Wildman–Crippen LogP) is 0.409. The summed E-state index contributed by atoms with van der Waals surface area (Å²) in [6, 6.07) is 0. The molecule has 0 bridgehead atoms. The number of amides is 2. The molecule has 1 aliphatic heterocycles. The highest BCUT2D eigenvalue weighted by atomic mass is 16.5. The molecule has 0 spiro atoms. The molecule has 1 rings (SSSR count). The van der Waals surface area contributed by atoms with E-state index in [0.29, 0.717) is 26.3 Å². The van der Waals surface area contributed by atoms with Crippen LogP contribution in [0.5, 0.6) is 0 Å². The first-order valence-electron chi connectivity index (χ1n) is 6.29. The maximum absolute atomic E-state index is 11.8. The van der Waals surface area contributed by atoms with Crippen molar-refractivity contribution in [2.45, 2.75) is 13.8 Å². The number of imide groups is 1. The van der Waals surface area contributed by atoms with Crippen LogP contribution < -0.4 is 5.32 Å². The van der Waals surface area contributed by atoms with Crippen LogP contribution in [0.25, 0.3) is 0 Å². The van der Waals surface area contributed by atoms with E-state index in [0.717, 1.165) is 0 Å². The maximum Gasteiger partial charge on any atom is 0.414 e. The van der Waals surface area contributed by atoms with Crippen LogP contribution in [0.3, 0.4) is 0 Å². The summed E-state index contributed by atoms with van der Waals surface area (Å²) in [5, 5.41) is 17.3. The van der Waals surface area contributed by atoms with Crippen LogP contribution in [0.15, 0.2) is 16.4 Å². The lowest BCUT2D eigenvalue weighted by molar-refractivity contribution is -0.116. The van der Waals surface area contributed by atoms with Crippen LogP contribution in [-0.2, 0) is 14.3 Å². The number of aliphatic hydroxyl groups is 1. The van der Waals surface area contributed by atoms with Gasteiger partial charge in [0.15, 0.2) is 0 Å². The Morgan fingerprint density at radius 3 is 2.65 bits per heavy atom. The fraction of sp³-hybridized carbons (Fsp3) is 0.583. The van der Waals surface area contributed by atoms with E-state index in [1.807, 2.05) is 5.32 Å². The third kappa shape index (κ3) is 5.27. The number of hydrogen-bond acceptors (Lipinski definition) is 7. The van der Waals surface area contributed by atoms with Crippen LogP contribution in [0.4, 0.5) is 4.79 Å². The Bertz CT molecular complexity index is 409. The zero-order valence-electron chi connectivity index (χ0n) is 11.6. The van der Waals surface area contributed by atoms with Gasteiger partial charge in [-0.2, -0.15) is 5.10 Å². The molecule has 0 aromatic heterocycles. The Hall–Kier alpha value is -2.09. The molecular formula is C12H19N3O5. The highest BCUT2D eigenvalue weighted by Gasteiger charge is 2.16. The minimum atomic E-state index is -0.865. The highest BCUT2D eigenvalue weighted by Crippen LogP contribution is 2.02. The van der Waals surface area contributed by atoms with Gasteiger partial charge in [0.25, 0.3) is 5.91 Å². The SMILES string of the molecule is CCOC(=O)NC(=O)C(C=NN1CCOCC1)=C(C)O. The summed E-state index contributed by atoms with van der Waals surface area (Å²) in [6.07, 6.45) is 0.353. The molecular weight excluding hydrogens is 266 g/mol. The van der Waals surface area contributed by atoms with Gasteiger partial charge in [0.1, 0.15) is 5.76 Å². The number of alkyl carbamates (subject to hydrolysis) is 1. The summed E-state index contributed by atoms with van der Waals surface area (Å²) < 4.78 is 9.75. The number of hydrazone groups is 1. The first-order chi connectivity index (χ1) is 9.54. The van der Waals surface area contributed by atoms with Crippen molar-refractivity contribution in [2.75, 3.05) is 32.9 Å². The first kappa shape index (κ1) is 16.0. The van der Waals surface area contributed by atoms with Gasteiger partial charge in [-0.25, -0.2) is 4.79 Å². The van der Waals surface area contributed by atoms with Gasteiger partial charge < -0.3 is 14.6 Å². The average molecular weight is 285 g/mol. The molecule has 0 aromatic rings. The van der Waals surface area contributed by atoms with Crippen LogP contribution in [0.2, 0.25) is 0 Å². The number of carbonyl (C=O) groups excluding carboxylic acids is 2. The van der Waals surface area contributed by atoms with E-state index in [-0.39, 0.29) is 17.9 Å². The first-order valence-corrected chi connectivity index (χ1v) is 6.29. The Labute approximate surface area is 117 Å². The predicted molar refractivity (Wildman–Crippen MR) is 71.4 cm³/mol. The third-order valence-corrected chi connectivity index (χ3v) is 2.46. The summed E-state index contributed by atoms with van der Waals surface area (Å²) in [6.45, 7) is 5.44. The Morgan fingerprint density at radius 2 is 2.10 bits per heavy atom. The van der Waals surface area contributed by atoms with Gasteiger partial charge >= 0.3 is 6.09 Å². The van der Waals surface area contributed by atoms with Crippen molar-refractivity contribution >= 4 is 18.2 Å². The quantitative estimate of drug-likeness (QED) is 0.441. The number of rotatable bonds is 4. The number of carbonyl (C=O) groups is 2. The standard InChI is InChI=1S/C12H19N3O5/c1-3-20-12(18)14-11(17)10(9(2)16)8-13-15-4-6-19-7-5-15/h8,16H,3-7H2,1-2H3,(H,14,17,18). The monoisotopic (exact) mass is 285 g/mol. The van der Waals surface area contributed by atoms with E-state index in [1.165, 1.54) is 13.1 Å².